The SMILES string of the molecule is CC.Cc1nc2sc3c(NCc4ccc(F)cc4)n[nH]c3c2c(C)c1C#N. The van der Waals surface area contributed by atoms with Gasteiger partial charge in [-0.2, -0.15) is 10.4 Å². The first-order valence-corrected chi connectivity index (χ1v) is 9.56. The van der Waals surface area contributed by atoms with E-state index in [0.717, 1.165) is 43.1 Å². The van der Waals surface area contributed by atoms with Gasteiger partial charge in [-0.1, -0.05) is 26.0 Å². The third kappa shape index (κ3) is 3.36. The molecule has 2 N–H and O–H groups in total. The van der Waals surface area contributed by atoms with Gasteiger partial charge in [0.15, 0.2) is 5.82 Å². The molecule has 4 rings (SSSR count). The molecule has 0 saturated carbocycles. The molecule has 0 amide bonds. The lowest BCUT2D eigenvalue weighted by molar-refractivity contribution is 0.627. The summed E-state index contributed by atoms with van der Waals surface area (Å²) in [6.07, 6.45) is 0. The smallest absolute Gasteiger partial charge is 0.166 e. The molecular formula is C20H20FN5S. The number of pyridine rings is 1. The van der Waals surface area contributed by atoms with Crippen LogP contribution < -0.4 is 5.32 Å². The van der Waals surface area contributed by atoms with Crippen LogP contribution in [0.2, 0.25) is 0 Å². The summed E-state index contributed by atoms with van der Waals surface area (Å²) in [6, 6.07) is 8.59. The molecule has 3 aromatic heterocycles. The van der Waals surface area contributed by atoms with Gasteiger partial charge in [-0.25, -0.2) is 9.37 Å². The van der Waals surface area contributed by atoms with Gasteiger partial charge in [-0.15, -0.1) is 11.3 Å². The third-order valence-corrected chi connectivity index (χ3v) is 5.34. The van der Waals surface area contributed by atoms with E-state index in [1.165, 1.54) is 12.1 Å². The predicted molar refractivity (Wildman–Crippen MR) is 109 cm³/mol. The number of hydrogen-bond donors (Lipinski definition) is 2. The van der Waals surface area contributed by atoms with Crippen molar-refractivity contribution in [3.63, 3.8) is 0 Å². The number of aromatic amines is 1. The average molecular weight is 381 g/mol. The van der Waals surface area contributed by atoms with Gasteiger partial charge in [-0.3, -0.25) is 5.10 Å². The summed E-state index contributed by atoms with van der Waals surface area (Å²) in [7, 11) is 0. The van der Waals surface area contributed by atoms with Gasteiger partial charge in [0.05, 0.1) is 21.5 Å². The first kappa shape index (κ1) is 18.8. The normalized spacial score (nSPS) is 10.5. The fourth-order valence-electron chi connectivity index (χ4n) is 2.96. The highest BCUT2D eigenvalue weighted by atomic mass is 32.1. The minimum Gasteiger partial charge on any atom is -0.363 e. The van der Waals surface area contributed by atoms with Crippen LogP contribution in [0.4, 0.5) is 10.2 Å². The maximum absolute atomic E-state index is 13.0. The van der Waals surface area contributed by atoms with E-state index in [-0.39, 0.29) is 5.82 Å². The van der Waals surface area contributed by atoms with Crippen molar-refractivity contribution in [3.05, 3.63) is 52.5 Å². The fraction of sp³-hybridized carbons (Fsp3) is 0.250. The van der Waals surface area contributed by atoms with E-state index in [4.69, 9.17) is 0 Å². The Bertz CT molecular complexity index is 1140. The zero-order valence-electron chi connectivity index (χ0n) is 15.6. The molecule has 0 atom stereocenters. The van der Waals surface area contributed by atoms with Crippen LogP contribution in [-0.2, 0) is 6.54 Å². The summed E-state index contributed by atoms with van der Waals surface area (Å²) < 4.78 is 14.0. The summed E-state index contributed by atoms with van der Waals surface area (Å²) in [5.74, 6) is 0.485. The Balaban J connectivity index is 0.00000102. The number of anilines is 1. The van der Waals surface area contributed by atoms with E-state index < -0.39 is 0 Å². The zero-order chi connectivity index (χ0) is 19.6. The number of nitriles is 1. The minimum atomic E-state index is -0.249. The lowest BCUT2D eigenvalue weighted by atomic mass is 10.1. The molecule has 0 aliphatic rings. The lowest BCUT2D eigenvalue weighted by Gasteiger charge is -2.03. The van der Waals surface area contributed by atoms with Gasteiger partial charge in [-0.05, 0) is 37.1 Å². The number of benzene rings is 1. The summed E-state index contributed by atoms with van der Waals surface area (Å²) in [4.78, 5) is 5.46. The third-order valence-electron chi connectivity index (χ3n) is 4.25. The summed E-state index contributed by atoms with van der Waals surface area (Å²) in [5.41, 5.74) is 4.14. The van der Waals surface area contributed by atoms with Gasteiger partial charge in [0.1, 0.15) is 16.7 Å². The van der Waals surface area contributed by atoms with Gasteiger partial charge >= 0.3 is 0 Å². The van der Waals surface area contributed by atoms with Crippen LogP contribution in [0, 0.1) is 31.0 Å². The van der Waals surface area contributed by atoms with E-state index in [1.54, 1.807) is 23.5 Å². The predicted octanol–water partition coefficient (Wildman–Crippen LogP) is 5.44. The molecule has 0 spiro atoms. The van der Waals surface area contributed by atoms with E-state index in [2.05, 4.69) is 26.6 Å². The highest BCUT2D eigenvalue weighted by Crippen LogP contribution is 2.38. The van der Waals surface area contributed by atoms with Crippen molar-refractivity contribution in [2.75, 3.05) is 5.32 Å². The number of nitrogens with one attached hydrogen (secondary N) is 2. The molecule has 0 aliphatic carbocycles. The summed E-state index contributed by atoms with van der Waals surface area (Å²) in [6.45, 7) is 8.34. The molecule has 1 aromatic carbocycles. The summed E-state index contributed by atoms with van der Waals surface area (Å²) in [5, 5.41) is 21.0. The van der Waals surface area contributed by atoms with E-state index in [0.29, 0.717) is 12.1 Å². The van der Waals surface area contributed by atoms with Crippen molar-refractivity contribution in [1.29, 1.82) is 5.26 Å². The number of aromatic nitrogens is 3. The Kier molecular flexibility index (Phi) is 5.38. The van der Waals surface area contributed by atoms with Crippen LogP contribution in [0.15, 0.2) is 24.3 Å². The number of hydrogen-bond acceptors (Lipinski definition) is 5. The minimum absolute atomic E-state index is 0.249. The second-order valence-corrected chi connectivity index (χ2v) is 6.85. The van der Waals surface area contributed by atoms with Gasteiger partial charge in [0.25, 0.3) is 0 Å². The highest BCUT2D eigenvalue weighted by Gasteiger charge is 2.18. The van der Waals surface area contributed by atoms with Crippen molar-refractivity contribution < 1.29 is 4.39 Å². The molecule has 4 aromatic rings. The van der Waals surface area contributed by atoms with Crippen LogP contribution in [0.25, 0.3) is 20.4 Å². The molecule has 7 heteroatoms. The zero-order valence-corrected chi connectivity index (χ0v) is 16.5. The topological polar surface area (TPSA) is 77.4 Å². The first-order chi connectivity index (χ1) is 13.1. The molecule has 0 bridgehead atoms. The van der Waals surface area contributed by atoms with Crippen LogP contribution in [0.3, 0.4) is 0 Å². The number of rotatable bonds is 3. The fourth-order valence-corrected chi connectivity index (χ4v) is 4.16. The molecule has 5 nitrogen and oxygen atoms in total. The molecule has 0 aliphatic heterocycles. The molecule has 3 heterocycles. The van der Waals surface area contributed by atoms with Crippen LogP contribution >= 0.6 is 11.3 Å². The Hall–Kier alpha value is -2.98. The number of thiophene rings is 1. The Morgan fingerprint density at radius 3 is 2.59 bits per heavy atom. The van der Waals surface area contributed by atoms with Gasteiger partial charge in [0.2, 0.25) is 0 Å². The molecule has 138 valence electrons. The van der Waals surface area contributed by atoms with E-state index in [1.807, 2.05) is 27.7 Å². The number of H-pyrrole nitrogens is 1. The second-order valence-electron chi connectivity index (χ2n) is 5.85. The Morgan fingerprint density at radius 2 is 1.93 bits per heavy atom. The van der Waals surface area contributed by atoms with Crippen molar-refractivity contribution in [3.8, 4) is 6.07 Å². The quantitative estimate of drug-likeness (QED) is 0.495. The maximum Gasteiger partial charge on any atom is 0.166 e. The number of fused-ring (bicyclic) bond motifs is 3. The largest absolute Gasteiger partial charge is 0.363 e. The van der Waals surface area contributed by atoms with Crippen molar-refractivity contribution in [1.82, 2.24) is 15.2 Å². The molecule has 27 heavy (non-hydrogen) atoms. The molecule has 0 saturated heterocycles. The second kappa shape index (κ2) is 7.72. The lowest BCUT2D eigenvalue weighted by Crippen LogP contribution is -1.99. The van der Waals surface area contributed by atoms with Crippen molar-refractivity contribution in [2.24, 2.45) is 0 Å². The van der Waals surface area contributed by atoms with E-state index >= 15 is 0 Å². The molecule has 0 radical (unpaired) electrons. The first-order valence-electron chi connectivity index (χ1n) is 8.74. The van der Waals surface area contributed by atoms with Crippen LogP contribution in [0.1, 0.15) is 36.2 Å². The number of aryl methyl sites for hydroxylation is 2. The Labute approximate surface area is 160 Å². The molecular weight excluding hydrogens is 361 g/mol. The van der Waals surface area contributed by atoms with Crippen LogP contribution in [0.5, 0.6) is 0 Å². The molecule has 0 unspecified atom stereocenters. The number of nitrogens with zero attached hydrogens (tertiary/aromatic N) is 3. The van der Waals surface area contributed by atoms with Crippen molar-refractivity contribution >= 4 is 37.6 Å². The van der Waals surface area contributed by atoms with Gasteiger partial charge in [0, 0.05) is 11.9 Å². The maximum atomic E-state index is 13.0. The highest BCUT2D eigenvalue weighted by molar-refractivity contribution is 7.26. The van der Waals surface area contributed by atoms with Crippen LogP contribution in [-0.4, -0.2) is 15.2 Å². The van der Waals surface area contributed by atoms with Crippen molar-refractivity contribution in [2.45, 2.75) is 34.2 Å². The van der Waals surface area contributed by atoms with E-state index in [9.17, 15) is 9.65 Å². The monoisotopic (exact) mass is 381 g/mol. The summed E-state index contributed by atoms with van der Waals surface area (Å²) >= 11 is 1.54. The molecule has 0 fully saturated rings. The van der Waals surface area contributed by atoms with Gasteiger partial charge < -0.3 is 5.32 Å². The Morgan fingerprint density at radius 1 is 1.22 bits per heavy atom. The standard InChI is InChI=1S/C18H14FN5S.C2H6/c1-9-13(7-20)10(2)22-18-14(9)15-16(25-18)17(24-23-15)21-8-11-3-5-12(19)6-4-11;1-2/h3-6H,8H2,1-2H3,(H2,21,23,24);1-2H3. The number of halogens is 1. The average Bonchev–Trinajstić information content (AvgIpc) is 3.22.